The highest BCUT2D eigenvalue weighted by Gasteiger charge is 2.16. The highest BCUT2D eigenvalue weighted by molar-refractivity contribution is 6.38. The first kappa shape index (κ1) is 22.3. The van der Waals surface area contributed by atoms with Gasteiger partial charge in [0, 0.05) is 36.4 Å². The van der Waals surface area contributed by atoms with Crippen LogP contribution in [0.2, 0.25) is 15.1 Å². The summed E-state index contributed by atoms with van der Waals surface area (Å²) < 4.78 is 14.8. The third kappa shape index (κ3) is 5.02. The number of benzene rings is 2. The summed E-state index contributed by atoms with van der Waals surface area (Å²) in [5, 5.41) is 13.8. The van der Waals surface area contributed by atoms with Crippen molar-refractivity contribution in [3.8, 4) is 5.69 Å². The van der Waals surface area contributed by atoms with Gasteiger partial charge in [-0.1, -0.05) is 46.0 Å². The number of aliphatic hydroxyl groups is 1. The Balaban J connectivity index is 2.15. The Bertz CT molecular complexity index is 1130. The smallest absolute Gasteiger partial charge is 0.255 e. The molecular formula is C21H16Cl3FN2O3. The van der Waals surface area contributed by atoms with Gasteiger partial charge in [0.25, 0.3) is 5.56 Å². The fraction of sp³-hybridized carbons (Fsp3) is 0.143. The van der Waals surface area contributed by atoms with Crippen molar-refractivity contribution in [3.05, 3.63) is 97.1 Å². The Morgan fingerprint density at radius 2 is 1.80 bits per heavy atom. The summed E-state index contributed by atoms with van der Waals surface area (Å²) in [5.41, 5.74) is 1.09. The molecule has 3 aromatic rings. The summed E-state index contributed by atoms with van der Waals surface area (Å²) >= 11 is 18.7. The van der Waals surface area contributed by atoms with Crippen LogP contribution in [-0.4, -0.2) is 28.6 Å². The molecule has 0 saturated heterocycles. The Kier molecular flexibility index (Phi) is 7.50. The average Bonchev–Trinajstić information content (AvgIpc) is 2.70. The molecule has 0 atom stereocenters. The zero-order chi connectivity index (χ0) is 21.7. The number of hydrogen-bond acceptors (Lipinski definition) is 4. The summed E-state index contributed by atoms with van der Waals surface area (Å²) in [5.74, 6) is -0.503. The fourth-order valence-corrected chi connectivity index (χ4v) is 3.54. The van der Waals surface area contributed by atoms with Gasteiger partial charge < -0.3 is 9.94 Å². The molecule has 0 bridgehead atoms. The number of hydrogen-bond donors (Lipinski definition) is 1. The van der Waals surface area contributed by atoms with Crippen LogP contribution >= 0.6 is 34.8 Å². The van der Waals surface area contributed by atoms with Gasteiger partial charge in [-0.2, -0.15) is 0 Å². The van der Waals surface area contributed by atoms with Crippen molar-refractivity contribution in [2.24, 2.45) is 5.16 Å². The maximum atomic E-state index is 13.5. The van der Waals surface area contributed by atoms with E-state index in [-0.39, 0.29) is 29.5 Å². The van der Waals surface area contributed by atoms with Gasteiger partial charge in [0.15, 0.2) is 0 Å². The van der Waals surface area contributed by atoms with E-state index in [4.69, 9.17) is 44.7 Å². The van der Waals surface area contributed by atoms with E-state index in [1.807, 2.05) is 0 Å². The molecule has 0 amide bonds. The second-order valence-corrected chi connectivity index (χ2v) is 7.39. The first-order chi connectivity index (χ1) is 14.4. The molecule has 1 aromatic heterocycles. The van der Waals surface area contributed by atoms with Crippen molar-refractivity contribution in [1.29, 1.82) is 0 Å². The van der Waals surface area contributed by atoms with E-state index >= 15 is 0 Å². The molecular weight excluding hydrogens is 454 g/mol. The summed E-state index contributed by atoms with van der Waals surface area (Å²) in [6.45, 7) is 0.104. The zero-order valence-corrected chi connectivity index (χ0v) is 17.8. The van der Waals surface area contributed by atoms with Gasteiger partial charge in [0.2, 0.25) is 0 Å². The number of halogens is 4. The lowest BCUT2D eigenvalue weighted by Gasteiger charge is -2.14. The Morgan fingerprint density at radius 1 is 1.07 bits per heavy atom. The van der Waals surface area contributed by atoms with Gasteiger partial charge in [-0.25, -0.2) is 4.39 Å². The number of oxime groups is 1. The minimum Gasteiger partial charge on any atom is -0.396 e. The van der Waals surface area contributed by atoms with Crippen molar-refractivity contribution in [2.75, 3.05) is 13.2 Å². The van der Waals surface area contributed by atoms with Crippen molar-refractivity contribution in [3.63, 3.8) is 0 Å². The van der Waals surface area contributed by atoms with E-state index in [1.165, 1.54) is 35.0 Å². The van der Waals surface area contributed by atoms with Crippen LogP contribution in [0.1, 0.15) is 17.5 Å². The van der Waals surface area contributed by atoms with Gasteiger partial charge in [-0.05, 0) is 36.4 Å². The van der Waals surface area contributed by atoms with E-state index in [2.05, 4.69) is 5.16 Å². The normalized spacial score (nSPS) is 11.6. The second-order valence-electron chi connectivity index (χ2n) is 6.17. The lowest BCUT2D eigenvalue weighted by atomic mass is 10.0. The molecule has 0 saturated carbocycles. The maximum Gasteiger partial charge on any atom is 0.255 e. The van der Waals surface area contributed by atoms with E-state index in [0.717, 1.165) is 6.07 Å². The molecule has 0 unspecified atom stereocenters. The first-order valence-electron chi connectivity index (χ1n) is 8.86. The van der Waals surface area contributed by atoms with Gasteiger partial charge in [-0.3, -0.25) is 9.36 Å². The molecule has 9 heteroatoms. The van der Waals surface area contributed by atoms with Gasteiger partial charge in [0.1, 0.15) is 18.1 Å². The van der Waals surface area contributed by atoms with Gasteiger partial charge in [0.05, 0.1) is 20.8 Å². The molecule has 0 aliphatic rings. The van der Waals surface area contributed by atoms with Crippen LogP contribution in [0.4, 0.5) is 4.39 Å². The predicted octanol–water partition coefficient (Wildman–Crippen LogP) is 5.09. The lowest BCUT2D eigenvalue weighted by molar-refractivity contribution is 0.124. The van der Waals surface area contributed by atoms with Crippen LogP contribution in [0.25, 0.3) is 5.69 Å². The maximum absolute atomic E-state index is 13.5. The second kappa shape index (κ2) is 10.1. The van der Waals surface area contributed by atoms with Crippen molar-refractivity contribution in [2.45, 2.75) is 6.42 Å². The molecule has 0 fully saturated rings. The van der Waals surface area contributed by atoms with Crippen molar-refractivity contribution < 1.29 is 14.3 Å². The molecule has 30 heavy (non-hydrogen) atoms. The standard InChI is InChI=1S/C21H16Cl3FN2O3/c22-16-3-1-4-17(23)21(16)27-12-13(5-8-19(27)29)20(26-30-10-2-9-28)15-7-6-14(25)11-18(15)24/h1,3-8,11-12,28H,2,9-10H2/b26-20+. The van der Waals surface area contributed by atoms with Crippen LogP contribution in [0.15, 0.2) is 64.7 Å². The van der Waals surface area contributed by atoms with Crippen molar-refractivity contribution >= 4 is 40.5 Å². The summed E-state index contributed by atoms with van der Waals surface area (Å²) in [4.78, 5) is 17.8. The number of rotatable bonds is 7. The largest absolute Gasteiger partial charge is 0.396 e. The van der Waals surface area contributed by atoms with Gasteiger partial charge in [-0.15, -0.1) is 0 Å². The predicted molar refractivity (Wildman–Crippen MR) is 117 cm³/mol. The number of aromatic nitrogens is 1. The fourth-order valence-electron chi connectivity index (χ4n) is 2.70. The molecule has 5 nitrogen and oxygen atoms in total. The molecule has 0 aliphatic heterocycles. The number of aliphatic hydroxyl groups excluding tert-OH is 1. The molecule has 1 heterocycles. The topological polar surface area (TPSA) is 63.8 Å². The minimum atomic E-state index is -0.503. The molecule has 3 rings (SSSR count). The summed E-state index contributed by atoms with van der Waals surface area (Å²) in [6.07, 6.45) is 1.88. The van der Waals surface area contributed by atoms with E-state index in [9.17, 15) is 9.18 Å². The summed E-state index contributed by atoms with van der Waals surface area (Å²) in [7, 11) is 0. The SMILES string of the molecule is O=c1ccc(/C(=N\OCCCO)c2ccc(F)cc2Cl)cn1-c1c(Cl)cccc1Cl. The average molecular weight is 470 g/mol. The van der Waals surface area contributed by atoms with E-state index < -0.39 is 5.82 Å². The van der Waals surface area contributed by atoms with Crippen molar-refractivity contribution in [1.82, 2.24) is 4.57 Å². The molecule has 1 N–H and O–H groups in total. The number of para-hydroxylation sites is 1. The molecule has 0 aliphatic carbocycles. The van der Waals surface area contributed by atoms with Gasteiger partial charge >= 0.3 is 0 Å². The molecule has 2 aromatic carbocycles. The minimum absolute atomic E-state index is 0.0575. The quantitative estimate of drug-likeness (QED) is 0.298. The Morgan fingerprint density at radius 3 is 2.47 bits per heavy atom. The number of pyridine rings is 1. The highest BCUT2D eigenvalue weighted by atomic mass is 35.5. The Labute approximate surface area is 186 Å². The van der Waals surface area contributed by atoms with Crippen LogP contribution in [-0.2, 0) is 4.84 Å². The Hall–Kier alpha value is -2.38. The zero-order valence-electron chi connectivity index (χ0n) is 15.5. The van der Waals surface area contributed by atoms with E-state index in [1.54, 1.807) is 18.2 Å². The van der Waals surface area contributed by atoms with Crippen LogP contribution < -0.4 is 5.56 Å². The van der Waals surface area contributed by atoms with Crippen LogP contribution in [0.3, 0.4) is 0 Å². The number of nitrogens with zero attached hydrogens (tertiary/aromatic N) is 2. The monoisotopic (exact) mass is 468 g/mol. The molecule has 156 valence electrons. The van der Waals surface area contributed by atoms with Crippen LogP contribution in [0.5, 0.6) is 0 Å². The third-order valence-corrected chi connectivity index (χ3v) is 5.02. The molecule has 0 spiro atoms. The third-order valence-electron chi connectivity index (χ3n) is 4.10. The molecule has 0 radical (unpaired) electrons. The highest BCUT2D eigenvalue weighted by Crippen LogP contribution is 2.28. The first-order valence-corrected chi connectivity index (χ1v) is 9.99. The van der Waals surface area contributed by atoms with Crippen LogP contribution in [0, 0.1) is 5.82 Å². The van der Waals surface area contributed by atoms with E-state index in [0.29, 0.717) is 33.3 Å². The lowest BCUT2D eigenvalue weighted by Crippen LogP contribution is -2.20. The summed E-state index contributed by atoms with van der Waals surface area (Å²) in [6, 6.07) is 11.6.